The Morgan fingerprint density at radius 2 is 1.77 bits per heavy atom. The molecule has 2 amide bonds. The molecule has 120 valence electrons. The minimum Gasteiger partial charge on any atom is -0.481 e. The van der Waals surface area contributed by atoms with E-state index in [9.17, 15) is 19.5 Å². The number of carboxylic acid groups (broad SMARTS) is 1. The highest BCUT2D eigenvalue weighted by Gasteiger charge is 2.21. The fourth-order valence-electron chi connectivity index (χ4n) is 2.00. The van der Waals surface area contributed by atoms with Crippen LogP contribution in [0.25, 0.3) is 0 Å². The largest absolute Gasteiger partial charge is 0.481 e. The molecule has 1 aromatic rings. The van der Waals surface area contributed by atoms with Crippen LogP contribution in [0.1, 0.15) is 25.0 Å². The first-order valence-electron chi connectivity index (χ1n) is 7.12. The summed E-state index contributed by atoms with van der Waals surface area (Å²) in [6.45, 7) is 4.85. The summed E-state index contributed by atoms with van der Waals surface area (Å²) >= 11 is 0. The molecule has 6 nitrogen and oxygen atoms in total. The number of carboxylic acids is 1. The van der Waals surface area contributed by atoms with E-state index in [1.54, 1.807) is 6.92 Å². The van der Waals surface area contributed by atoms with E-state index in [1.807, 2.05) is 31.2 Å². The average Bonchev–Trinajstić information content (AvgIpc) is 2.44. The Morgan fingerprint density at radius 1 is 1.18 bits per heavy atom. The van der Waals surface area contributed by atoms with Crippen molar-refractivity contribution < 1.29 is 19.5 Å². The Kier molecular flexibility index (Phi) is 6.56. The first-order valence-corrected chi connectivity index (χ1v) is 7.12. The van der Waals surface area contributed by atoms with Crippen molar-refractivity contribution in [2.75, 3.05) is 6.54 Å². The third kappa shape index (κ3) is 5.95. The van der Waals surface area contributed by atoms with E-state index in [1.165, 1.54) is 6.92 Å². The molecule has 0 radical (unpaired) electrons. The fraction of sp³-hybridized carbons (Fsp3) is 0.438. The number of hydrogen-bond acceptors (Lipinski definition) is 3. The van der Waals surface area contributed by atoms with Gasteiger partial charge >= 0.3 is 5.97 Å². The summed E-state index contributed by atoms with van der Waals surface area (Å²) in [5.74, 6) is -2.38. The number of amides is 2. The molecule has 0 aliphatic rings. The van der Waals surface area contributed by atoms with Gasteiger partial charge in [-0.1, -0.05) is 29.8 Å². The Bertz CT molecular complexity index is 540. The van der Waals surface area contributed by atoms with Crippen LogP contribution in [0.4, 0.5) is 0 Å². The SMILES string of the molecule is CC(=O)N[C@@H](C)C(=O)NC[C@H](Cc1ccc(C)cc1)C(=O)O. The van der Waals surface area contributed by atoms with Gasteiger partial charge in [-0.2, -0.15) is 0 Å². The van der Waals surface area contributed by atoms with Gasteiger partial charge in [0.15, 0.2) is 0 Å². The first-order chi connectivity index (χ1) is 10.3. The monoisotopic (exact) mass is 306 g/mol. The predicted molar refractivity (Wildman–Crippen MR) is 82.3 cm³/mol. The lowest BCUT2D eigenvalue weighted by atomic mass is 9.98. The first kappa shape index (κ1) is 17.7. The van der Waals surface area contributed by atoms with Crippen LogP contribution < -0.4 is 10.6 Å². The second-order valence-electron chi connectivity index (χ2n) is 5.39. The van der Waals surface area contributed by atoms with E-state index in [2.05, 4.69) is 10.6 Å². The zero-order chi connectivity index (χ0) is 16.7. The Balaban J connectivity index is 2.58. The smallest absolute Gasteiger partial charge is 0.308 e. The highest BCUT2D eigenvalue weighted by Crippen LogP contribution is 2.10. The maximum atomic E-state index is 11.8. The van der Waals surface area contributed by atoms with Gasteiger partial charge in [-0.05, 0) is 25.8 Å². The van der Waals surface area contributed by atoms with Gasteiger partial charge in [-0.15, -0.1) is 0 Å². The summed E-state index contributed by atoms with van der Waals surface area (Å²) in [7, 11) is 0. The Morgan fingerprint density at radius 3 is 2.27 bits per heavy atom. The summed E-state index contributed by atoms with van der Waals surface area (Å²) in [4.78, 5) is 34.0. The molecule has 0 spiro atoms. The Hall–Kier alpha value is -2.37. The predicted octanol–water partition coefficient (Wildman–Crippen LogP) is 0.879. The van der Waals surface area contributed by atoms with Gasteiger partial charge in [0.2, 0.25) is 11.8 Å². The second kappa shape index (κ2) is 8.17. The van der Waals surface area contributed by atoms with Gasteiger partial charge in [-0.3, -0.25) is 14.4 Å². The lowest BCUT2D eigenvalue weighted by molar-refractivity contribution is -0.141. The zero-order valence-electron chi connectivity index (χ0n) is 13.1. The minimum absolute atomic E-state index is 0.0198. The third-order valence-electron chi connectivity index (χ3n) is 3.29. The average molecular weight is 306 g/mol. The lowest BCUT2D eigenvalue weighted by Gasteiger charge is -2.16. The molecule has 1 rings (SSSR count). The Labute approximate surface area is 129 Å². The van der Waals surface area contributed by atoms with Gasteiger partial charge in [0, 0.05) is 13.5 Å². The van der Waals surface area contributed by atoms with E-state index < -0.39 is 23.8 Å². The van der Waals surface area contributed by atoms with Crippen LogP contribution in [0.15, 0.2) is 24.3 Å². The molecule has 22 heavy (non-hydrogen) atoms. The van der Waals surface area contributed by atoms with Crippen LogP contribution in [0.2, 0.25) is 0 Å². The number of aryl methyl sites for hydroxylation is 1. The minimum atomic E-state index is -0.965. The quantitative estimate of drug-likeness (QED) is 0.697. The summed E-state index contributed by atoms with van der Waals surface area (Å²) in [5.41, 5.74) is 2.01. The van der Waals surface area contributed by atoms with Crippen LogP contribution in [-0.4, -0.2) is 35.5 Å². The molecule has 0 saturated heterocycles. The molecule has 0 unspecified atom stereocenters. The summed E-state index contributed by atoms with van der Waals surface area (Å²) in [6.07, 6.45) is 0.338. The van der Waals surface area contributed by atoms with Crippen molar-refractivity contribution in [2.24, 2.45) is 5.92 Å². The van der Waals surface area contributed by atoms with Crippen LogP contribution in [0.5, 0.6) is 0 Å². The molecule has 0 aliphatic carbocycles. The molecule has 0 heterocycles. The van der Waals surface area contributed by atoms with E-state index in [0.29, 0.717) is 6.42 Å². The van der Waals surface area contributed by atoms with Crippen molar-refractivity contribution in [2.45, 2.75) is 33.2 Å². The van der Waals surface area contributed by atoms with Crippen molar-refractivity contribution in [3.8, 4) is 0 Å². The molecular weight excluding hydrogens is 284 g/mol. The van der Waals surface area contributed by atoms with E-state index in [-0.39, 0.29) is 12.5 Å². The van der Waals surface area contributed by atoms with Gasteiger partial charge in [0.05, 0.1) is 5.92 Å². The number of benzene rings is 1. The van der Waals surface area contributed by atoms with Crippen LogP contribution in [0.3, 0.4) is 0 Å². The summed E-state index contributed by atoms with van der Waals surface area (Å²) in [5, 5.41) is 14.3. The molecule has 1 aromatic carbocycles. The highest BCUT2D eigenvalue weighted by atomic mass is 16.4. The summed E-state index contributed by atoms with van der Waals surface area (Å²) in [6, 6.07) is 6.92. The number of carbonyl (C=O) groups is 3. The molecule has 0 saturated carbocycles. The summed E-state index contributed by atoms with van der Waals surface area (Å²) < 4.78 is 0. The van der Waals surface area contributed by atoms with Crippen molar-refractivity contribution in [1.29, 1.82) is 0 Å². The third-order valence-corrected chi connectivity index (χ3v) is 3.29. The topological polar surface area (TPSA) is 95.5 Å². The molecule has 2 atom stereocenters. The number of hydrogen-bond donors (Lipinski definition) is 3. The van der Waals surface area contributed by atoms with Crippen molar-refractivity contribution in [3.63, 3.8) is 0 Å². The van der Waals surface area contributed by atoms with Gasteiger partial charge in [0.1, 0.15) is 6.04 Å². The van der Waals surface area contributed by atoms with Crippen molar-refractivity contribution in [1.82, 2.24) is 10.6 Å². The maximum Gasteiger partial charge on any atom is 0.308 e. The van der Waals surface area contributed by atoms with Crippen LogP contribution in [-0.2, 0) is 20.8 Å². The number of aliphatic carboxylic acids is 1. The fourth-order valence-corrected chi connectivity index (χ4v) is 2.00. The molecule has 0 fully saturated rings. The number of nitrogens with one attached hydrogen (secondary N) is 2. The molecule has 0 aromatic heterocycles. The van der Waals surface area contributed by atoms with Crippen molar-refractivity contribution >= 4 is 17.8 Å². The lowest BCUT2D eigenvalue weighted by Crippen LogP contribution is -2.46. The highest BCUT2D eigenvalue weighted by molar-refractivity contribution is 5.86. The number of rotatable bonds is 7. The van der Waals surface area contributed by atoms with Crippen molar-refractivity contribution in [3.05, 3.63) is 35.4 Å². The molecule has 0 bridgehead atoms. The van der Waals surface area contributed by atoms with Gasteiger partial charge < -0.3 is 15.7 Å². The van der Waals surface area contributed by atoms with Gasteiger partial charge in [0.25, 0.3) is 0 Å². The maximum absolute atomic E-state index is 11.8. The standard InChI is InChI=1S/C16H22N2O4/c1-10-4-6-13(7-5-10)8-14(16(21)22)9-17-15(20)11(2)18-12(3)19/h4-7,11,14H,8-9H2,1-3H3,(H,17,20)(H,18,19)(H,21,22)/t11-,14-/m0/s1. The normalized spacial score (nSPS) is 13.0. The van der Waals surface area contributed by atoms with E-state index >= 15 is 0 Å². The van der Waals surface area contributed by atoms with Gasteiger partial charge in [-0.25, -0.2) is 0 Å². The van der Waals surface area contributed by atoms with E-state index in [0.717, 1.165) is 11.1 Å². The zero-order valence-corrected chi connectivity index (χ0v) is 13.1. The van der Waals surface area contributed by atoms with E-state index in [4.69, 9.17) is 0 Å². The molecular formula is C16H22N2O4. The molecule has 0 aliphatic heterocycles. The second-order valence-corrected chi connectivity index (χ2v) is 5.39. The van der Waals surface area contributed by atoms with Crippen LogP contribution >= 0.6 is 0 Å². The molecule has 6 heteroatoms. The molecule has 3 N–H and O–H groups in total. The van der Waals surface area contributed by atoms with Crippen LogP contribution in [0, 0.1) is 12.8 Å². The number of carbonyl (C=O) groups excluding carboxylic acids is 2.